The average Bonchev–Trinajstić information content (AvgIpc) is 3.15. The van der Waals surface area contributed by atoms with Crippen LogP contribution in [-0.4, -0.2) is 42.3 Å². The molecule has 2 unspecified atom stereocenters. The number of alkyl carbamates (subject to hydrolysis) is 1. The molecule has 2 aliphatic carbocycles. The van der Waals surface area contributed by atoms with Crippen LogP contribution in [0.1, 0.15) is 49.7 Å². The molecule has 7 heteroatoms. The van der Waals surface area contributed by atoms with Gasteiger partial charge < -0.3 is 20.5 Å². The van der Waals surface area contributed by atoms with Gasteiger partial charge >= 0.3 is 12.1 Å². The van der Waals surface area contributed by atoms with Crippen LogP contribution in [0.15, 0.2) is 48.5 Å². The van der Waals surface area contributed by atoms with Gasteiger partial charge in [0.1, 0.15) is 12.6 Å². The smallest absolute Gasteiger partial charge is 0.407 e. The number of carboxylic acid groups (broad SMARTS) is 1. The third-order valence-electron chi connectivity index (χ3n) is 6.83. The number of nitrogens with one attached hydrogen (secondary N) is 2. The van der Waals surface area contributed by atoms with Crippen molar-refractivity contribution in [3.05, 3.63) is 59.7 Å². The Morgan fingerprint density at radius 2 is 1.61 bits per heavy atom. The standard InChI is InChI=1S/C26H30N2O5/c1-16(25(30)31)28-24(29)18-9-3-2-8-17(18)14-27-26(32)33-15-23-21-12-6-4-10-19(21)20-11-5-7-13-22(20)23/h4-7,10-13,16-18,23H,2-3,8-9,14-15H2,1H3,(H,27,32)(H,28,29)(H,30,31)/t16-,17?,18?/m1/s1. The zero-order valence-corrected chi connectivity index (χ0v) is 18.8. The highest BCUT2D eigenvalue weighted by molar-refractivity contribution is 5.85. The molecule has 2 aromatic rings. The van der Waals surface area contributed by atoms with E-state index in [1.54, 1.807) is 0 Å². The van der Waals surface area contributed by atoms with Gasteiger partial charge in [0, 0.05) is 18.4 Å². The maximum atomic E-state index is 12.6. The van der Waals surface area contributed by atoms with Crippen molar-refractivity contribution in [1.29, 1.82) is 0 Å². The van der Waals surface area contributed by atoms with E-state index in [4.69, 9.17) is 9.84 Å². The third-order valence-corrected chi connectivity index (χ3v) is 6.83. The minimum atomic E-state index is -1.06. The maximum absolute atomic E-state index is 12.6. The molecular formula is C26H30N2O5. The molecule has 3 atom stereocenters. The van der Waals surface area contributed by atoms with Crippen molar-refractivity contribution in [1.82, 2.24) is 10.6 Å². The lowest BCUT2D eigenvalue weighted by Gasteiger charge is -2.31. The van der Waals surface area contributed by atoms with Crippen molar-refractivity contribution in [2.24, 2.45) is 11.8 Å². The number of aliphatic carboxylic acids is 1. The van der Waals surface area contributed by atoms with Crippen molar-refractivity contribution in [3.63, 3.8) is 0 Å². The first kappa shape index (κ1) is 22.8. The molecule has 2 aromatic carbocycles. The highest BCUT2D eigenvalue weighted by atomic mass is 16.5. The van der Waals surface area contributed by atoms with E-state index < -0.39 is 18.1 Å². The zero-order chi connectivity index (χ0) is 23.4. The summed E-state index contributed by atoms with van der Waals surface area (Å²) in [5.41, 5.74) is 4.66. The predicted molar refractivity (Wildman–Crippen MR) is 124 cm³/mol. The van der Waals surface area contributed by atoms with E-state index in [9.17, 15) is 14.4 Å². The number of ether oxygens (including phenoxy) is 1. The summed E-state index contributed by atoms with van der Waals surface area (Å²) >= 11 is 0. The summed E-state index contributed by atoms with van der Waals surface area (Å²) in [4.78, 5) is 36.1. The Balaban J connectivity index is 1.33. The molecule has 4 rings (SSSR count). The van der Waals surface area contributed by atoms with Crippen LogP contribution in [0.4, 0.5) is 4.79 Å². The van der Waals surface area contributed by atoms with Gasteiger partial charge in [0.15, 0.2) is 0 Å². The number of fused-ring (bicyclic) bond motifs is 3. The van der Waals surface area contributed by atoms with Crippen molar-refractivity contribution < 1.29 is 24.2 Å². The topological polar surface area (TPSA) is 105 Å². The second-order valence-electron chi connectivity index (χ2n) is 8.93. The van der Waals surface area contributed by atoms with E-state index in [0.29, 0.717) is 13.0 Å². The van der Waals surface area contributed by atoms with Gasteiger partial charge in [0.05, 0.1) is 0 Å². The Kier molecular flexibility index (Phi) is 6.96. The average molecular weight is 451 g/mol. The number of hydrogen-bond acceptors (Lipinski definition) is 4. The number of hydrogen-bond donors (Lipinski definition) is 3. The first-order chi connectivity index (χ1) is 16.0. The molecule has 0 spiro atoms. The lowest BCUT2D eigenvalue weighted by Crippen LogP contribution is -2.46. The molecule has 0 aromatic heterocycles. The SMILES string of the molecule is C[C@@H](NC(=O)C1CCCCC1CNC(=O)OCC1c2ccccc2-c2ccccc21)C(=O)O. The summed E-state index contributed by atoms with van der Waals surface area (Å²) in [6, 6.07) is 15.4. The first-order valence-electron chi connectivity index (χ1n) is 11.6. The number of rotatable bonds is 7. The van der Waals surface area contributed by atoms with E-state index in [1.807, 2.05) is 24.3 Å². The lowest BCUT2D eigenvalue weighted by atomic mass is 9.78. The van der Waals surface area contributed by atoms with E-state index in [0.717, 1.165) is 30.4 Å². The second kappa shape index (κ2) is 10.1. The van der Waals surface area contributed by atoms with E-state index in [1.165, 1.54) is 18.1 Å². The van der Waals surface area contributed by atoms with Crippen LogP contribution in [-0.2, 0) is 14.3 Å². The Morgan fingerprint density at radius 1 is 1.00 bits per heavy atom. The predicted octanol–water partition coefficient (Wildman–Crippen LogP) is 3.92. The molecule has 0 aliphatic heterocycles. The molecule has 33 heavy (non-hydrogen) atoms. The first-order valence-corrected chi connectivity index (χ1v) is 11.6. The Labute approximate surface area is 193 Å². The molecular weight excluding hydrogens is 420 g/mol. The number of carbonyl (C=O) groups is 3. The Hall–Kier alpha value is -3.35. The normalized spacial score (nSPS) is 20.3. The highest BCUT2D eigenvalue weighted by Crippen LogP contribution is 2.44. The van der Waals surface area contributed by atoms with Gasteiger partial charge in [-0.3, -0.25) is 9.59 Å². The molecule has 0 saturated heterocycles. The van der Waals surface area contributed by atoms with Gasteiger partial charge in [-0.2, -0.15) is 0 Å². The third kappa shape index (κ3) is 5.02. The summed E-state index contributed by atoms with van der Waals surface area (Å²) in [6.07, 6.45) is 2.90. The Morgan fingerprint density at radius 3 is 2.24 bits per heavy atom. The fraction of sp³-hybridized carbons (Fsp3) is 0.423. The monoisotopic (exact) mass is 450 g/mol. The molecule has 2 amide bonds. The summed E-state index contributed by atoms with van der Waals surface area (Å²) < 4.78 is 5.59. The van der Waals surface area contributed by atoms with Crippen molar-refractivity contribution in [2.45, 2.75) is 44.6 Å². The van der Waals surface area contributed by atoms with Crippen LogP contribution in [0.3, 0.4) is 0 Å². The Bertz CT molecular complexity index is 991. The zero-order valence-electron chi connectivity index (χ0n) is 18.8. The molecule has 0 bridgehead atoms. The van der Waals surface area contributed by atoms with Crippen LogP contribution >= 0.6 is 0 Å². The molecule has 2 aliphatic rings. The molecule has 3 N–H and O–H groups in total. The highest BCUT2D eigenvalue weighted by Gasteiger charge is 2.33. The second-order valence-corrected chi connectivity index (χ2v) is 8.93. The summed E-state index contributed by atoms with van der Waals surface area (Å²) in [7, 11) is 0. The van der Waals surface area contributed by atoms with Crippen molar-refractivity contribution >= 4 is 18.0 Å². The van der Waals surface area contributed by atoms with Crippen LogP contribution < -0.4 is 10.6 Å². The molecule has 1 fully saturated rings. The van der Waals surface area contributed by atoms with Gasteiger partial charge in [-0.1, -0.05) is 61.4 Å². The minimum Gasteiger partial charge on any atom is -0.480 e. The number of carboxylic acids is 1. The van der Waals surface area contributed by atoms with E-state index in [-0.39, 0.29) is 30.3 Å². The fourth-order valence-corrected chi connectivity index (χ4v) is 5.04. The molecule has 7 nitrogen and oxygen atoms in total. The van der Waals surface area contributed by atoms with Crippen molar-refractivity contribution in [2.75, 3.05) is 13.2 Å². The van der Waals surface area contributed by atoms with Crippen molar-refractivity contribution in [3.8, 4) is 11.1 Å². The summed E-state index contributed by atoms with van der Waals surface area (Å²) in [5.74, 6) is -1.68. The number of benzene rings is 2. The number of carbonyl (C=O) groups excluding carboxylic acids is 2. The summed E-state index contributed by atoms with van der Waals surface area (Å²) in [6.45, 7) is 2.02. The van der Waals surface area contributed by atoms with Gasteiger partial charge in [0.25, 0.3) is 0 Å². The summed E-state index contributed by atoms with van der Waals surface area (Å²) in [5, 5.41) is 14.4. The van der Waals surface area contributed by atoms with Crippen LogP contribution in [0.5, 0.6) is 0 Å². The molecule has 174 valence electrons. The maximum Gasteiger partial charge on any atom is 0.407 e. The largest absolute Gasteiger partial charge is 0.480 e. The van der Waals surface area contributed by atoms with Crippen LogP contribution in [0.25, 0.3) is 11.1 Å². The van der Waals surface area contributed by atoms with E-state index in [2.05, 4.69) is 34.9 Å². The minimum absolute atomic E-state index is 0.00568. The van der Waals surface area contributed by atoms with Crippen LogP contribution in [0.2, 0.25) is 0 Å². The van der Waals surface area contributed by atoms with Gasteiger partial charge in [0.2, 0.25) is 5.91 Å². The van der Waals surface area contributed by atoms with Gasteiger partial charge in [-0.05, 0) is 47.9 Å². The lowest BCUT2D eigenvalue weighted by molar-refractivity contribution is -0.142. The molecule has 0 radical (unpaired) electrons. The van der Waals surface area contributed by atoms with Gasteiger partial charge in [-0.15, -0.1) is 0 Å². The fourth-order valence-electron chi connectivity index (χ4n) is 5.04. The number of amides is 2. The molecule has 1 saturated carbocycles. The van der Waals surface area contributed by atoms with E-state index >= 15 is 0 Å². The van der Waals surface area contributed by atoms with Crippen LogP contribution in [0, 0.1) is 11.8 Å². The molecule has 0 heterocycles. The van der Waals surface area contributed by atoms with Gasteiger partial charge in [-0.25, -0.2) is 4.79 Å². The quantitative estimate of drug-likeness (QED) is 0.593.